The van der Waals surface area contributed by atoms with E-state index in [0.717, 1.165) is 5.69 Å². The number of aromatic nitrogens is 5. The highest BCUT2D eigenvalue weighted by atomic mass is 16.3. The second-order valence-corrected chi connectivity index (χ2v) is 9.82. The molecule has 3 aromatic heterocycles. The van der Waals surface area contributed by atoms with E-state index in [-0.39, 0.29) is 34.6 Å². The number of aryl methyl sites for hydroxylation is 2. The molecule has 0 radical (unpaired) electrons. The van der Waals surface area contributed by atoms with Gasteiger partial charge in [-0.3, -0.25) is 14.0 Å². The van der Waals surface area contributed by atoms with Gasteiger partial charge < -0.3 is 10.0 Å². The Morgan fingerprint density at radius 1 is 1.30 bits per heavy atom. The van der Waals surface area contributed by atoms with Crippen LogP contribution in [0.3, 0.4) is 0 Å². The van der Waals surface area contributed by atoms with Gasteiger partial charge >= 0.3 is 5.69 Å². The average molecular weight is 447 g/mol. The number of nitriles is 1. The molecule has 5 rings (SSSR count). The lowest BCUT2D eigenvalue weighted by Gasteiger charge is -2.27. The number of rotatable bonds is 2. The van der Waals surface area contributed by atoms with E-state index in [1.165, 1.54) is 10.8 Å². The van der Waals surface area contributed by atoms with Crippen LogP contribution >= 0.6 is 0 Å². The van der Waals surface area contributed by atoms with Crippen molar-refractivity contribution in [3.63, 3.8) is 0 Å². The summed E-state index contributed by atoms with van der Waals surface area (Å²) in [5.74, 6) is -0.369. The second kappa shape index (κ2) is 6.81. The smallest absolute Gasteiger partial charge is 0.336 e. The van der Waals surface area contributed by atoms with Crippen LogP contribution in [0.5, 0.6) is 5.88 Å². The van der Waals surface area contributed by atoms with E-state index in [1.54, 1.807) is 34.2 Å². The van der Waals surface area contributed by atoms with Crippen molar-refractivity contribution in [2.75, 3.05) is 6.54 Å². The Labute approximate surface area is 190 Å². The summed E-state index contributed by atoms with van der Waals surface area (Å²) in [4.78, 5) is 32.5. The van der Waals surface area contributed by atoms with E-state index in [4.69, 9.17) is 5.26 Å². The molecular formula is C23H25N7O3. The second-order valence-electron chi connectivity index (χ2n) is 9.82. The van der Waals surface area contributed by atoms with Gasteiger partial charge in [-0.2, -0.15) is 10.4 Å². The molecule has 0 spiro atoms. The molecule has 2 aliphatic rings. The van der Waals surface area contributed by atoms with Gasteiger partial charge in [-0.25, -0.2) is 14.3 Å². The molecule has 2 bridgehead atoms. The van der Waals surface area contributed by atoms with E-state index in [2.05, 4.69) is 10.1 Å². The molecule has 2 unspecified atom stereocenters. The summed E-state index contributed by atoms with van der Waals surface area (Å²) in [6.07, 6.45) is 1.98. The van der Waals surface area contributed by atoms with Gasteiger partial charge in [-0.15, -0.1) is 0 Å². The summed E-state index contributed by atoms with van der Waals surface area (Å²) in [5, 5.41) is 24.7. The van der Waals surface area contributed by atoms with Crippen LogP contribution in [0.25, 0.3) is 5.69 Å². The molecule has 1 saturated heterocycles. The maximum Gasteiger partial charge on any atom is 0.336 e. The van der Waals surface area contributed by atoms with Crippen LogP contribution in [0.4, 0.5) is 0 Å². The standard InChI is InChI=1S/C23H25N7O3/c1-12-6-13(10-25-15(12)9-24)30-21(32)19-16-7-14(29(19)22(30)33)11-28(16)20(31)17-8-18(23(2,3)4)26-27(17)5/h6,8,10,14,16,32H,7,11H2,1-5H3. The minimum absolute atomic E-state index is 0.172. The average Bonchev–Trinajstić information content (AvgIpc) is 3.49. The van der Waals surface area contributed by atoms with Crippen molar-refractivity contribution in [2.45, 2.75) is 51.6 Å². The number of aromatic hydroxyl groups is 1. The molecule has 2 atom stereocenters. The summed E-state index contributed by atoms with van der Waals surface area (Å²) in [5.41, 5.74) is 2.44. The van der Waals surface area contributed by atoms with Gasteiger partial charge in [0.05, 0.1) is 29.7 Å². The van der Waals surface area contributed by atoms with Crippen LogP contribution in [0, 0.1) is 18.3 Å². The van der Waals surface area contributed by atoms with Crippen LogP contribution in [0.2, 0.25) is 0 Å². The first-order chi connectivity index (χ1) is 15.5. The SMILES string of the molecule is Cc1cc(-n2c(O)c3n(c2=O)C2CC3N(C(=O)c3cc(C(C)(C)C)nn3C)C2)cnc1C#N. The lowest BCUT2D eigenvalue weighted by atomic mass is 9.92. The van der Waals surface area contributed by atoms with Gasteiger partial charge in [-0.1, -0.05) is 20.8 Å². The van der Waals surface area contributed by atoms with Gasteiger partial charge in [0, 0.05) is 19.0 Å². The van der Waals surface area contributed by atoms with Crippen molar-refractivity contribution >= 4 is 5.91 Å². The highest BCUT2D eigenvalue weighted by molar-refractivity contribution is 5.93. The molecule has 2 aliphatic heterocycles. The molecule has 0 saturated carbocycles. The molecule has 10 nitrogen and oxygen atoms in total. The number of likely N-dealkylation sites (tertiary alicyclic amines) is 1. The molecule has 33 heavy (non-hydrogen) atoms. The van der Waals surface area contributed by atoms with Crippen molar-refractivity contribution in [2.24, 2.45) is 7.05 Å². The number of carbonyl (C=O) groups excluding carboxylic acids is 1. The monoisotopic (exact) mass is 447 g/mol. The molecule has 0 aliphatic carbocycles. The van der Waals surface area contributed by atoms with Crippen LogP contribution in [0.15, 0.2) is 23.1 Å². The van der Waals surface area contributed by atoms with Crippen LogP contribution < -0.4 is 5.69 Å². The van der Waals surface area contributed by atoms with Crippen molar-refractivity contribution in [3.8, 4) is 17.6 Å². The summed E-state index contributed by atoms with van der Waals surface area (Å²) >= 11 is 0. The zero-order valence-electron chi connectivity index (χ0n) is 19.2. The molecule has 0 aromatic carbocycles. The first-order valence-electron chi connectivity index (χ1n) is 10.8. The summed E-state index contributed by atoms with van der Waals surface area (Å²) in [7, 11) is 1.75. The topological polar surface area (TPSA) is 122 Å². The number of nitrogens with zero attached hydrogens (tertiary/aromatic N) is 7. The Balaban J connectivity index is 1.54. The Bertz CT molecular complexity index is 1410. The van der Waals surface area contributed by atoms with Crippen molar-refractivity contribution in [1.29, 1.82) is 5.26 Å². The largest absolute Gasteiger partial charge is 0.493 e. The maximum atomic E-state index is 13.4. The van der Waals surface area contributed by atoms with Gasteiger partial charge in [0.2, 0.25) is 5.88 Å². The lowest BCUT2D eigenvalue weighted by Crippen LogP contribution is -2.38. The van der Waals surface area contributed by atoms with Crippen molar-refractivity contribution < 1.29 is 9.90 Å². The third kappa shape index (κ3) is 2.92. The molecule has 5 heterocycles. The zero-order valence-corrected chi connectivity index (χ0v) is 19.2. The van der Waals surface area contributed by atoms with Crippen molar-refractivity contribution in [1.82, 2.24) is 28.8 Å². The van der Waals surface area contributed by atoms with Gasteiger partial charge in [0.1, 0.15) is 23.2 Å². The first kappa shape index (κ1) is 21.0. The molecule has 1 N–H and O–H groups in total. The number of amides is 1. The Kier molecular flexibility index (Phi) is 4.34. The maximum absolute atomic E-state index is 13.4. The van der Waals surface area contributed by atoms with Crippen LogP contribution in [-0.4, -0.2) is 46.4 Å². The fourth-order valence-electron chi connectivity index (χ4n) is 4.88. The first-order valence-corrected chi connectivity index (χ1v) is 10.8. The molecule has 3 aromatic rings. The molecule has 1 amide bonds. The van der Waals surface area contributed by atoms with Crippen LogP contribution in [0.1, 0.15) is 72.4 Å². The molecular weight excluding hydrogens is 422 g/mol. The highest BCUT2D eigenvalue weighted by Gasteiger charge is 2.49. The fourth-order valence-corrected chi connectivity index (χ4v) is 4.88. The third-order valence-electron chi connectivity index (χ3n) is 6.61. The number of pyridine rings is 1. The Morgan fingerprint density at radius 3 is 2.64 bits per heavy atom. The summed E-state index contributed by atoms with van der Waals surface area (Å²) in [6.45, 7) is 8.24. The predicted molar refractivity (Wildman–Crippen MR) is 118 cm³/mol. The number of hydrogen-bond acceptors (Lipinski definition) is 6. The highest BCUT2D eigenvalue weighted by Crippen LogP contribution is 2.49. The summed E-state index contributed by atoms with van der Waals surface area (Å²) < 4.78 is 4.38. The number of imidazole rings is 1. The van der Waals surface area contributed by atoms with Gasteiger partial charge in [0.15, 0.2) is 0 Å². The predicted octanol–water partition coefficient (Wildman–Crippen LogP) is 2.09. The molecule has 170 valence electrons. The van der Waals surface area contributed by atoms with Gasteiger partial charge in [-0.05, 0) is 31.0 Å². The normalized spacial score (nSPS) is 19.1. The van der Waals surface area contributed by atoms with E-state index >= 15 is 0 Å². The quantitative estimate of drug-likeness (QED) is 0.642. The minimum Gasteiger partial charge on any atom is -0.493 e. The number of hydrogen-bond donors (Lipinski definition) is 1. The number of fused-ring (bicyclic) bond motifs is 5. The van der Waals surface area contributed by atoms with Crippen LogP contribution in [-0.2, 0) is 12.5 Å². The molecule has 1 fully saturated rings. The molecule has 10 heteroatoms. The lowest BCUT2D eigenvalue weighted by molar-refractivity contribution is 0.0700. The van der Waals surface area contributed by atoms with Gasteiger partial charge in [0.25, 0.3) is 5.91 Å². The van der Waals surface area contributed by atoms with E-state index in [9.17, 15) is 14.7 Å². The summed E-state index contributed by atoms with van der Waals surface area (Å²) in [6, 6.07) is 4.85. The Hall–Kier alpha value is -3.87. The minimum atomic E-state index is -0.406. The number of carbonyl (C=O) groups is 1. The Morgan fingerprint density at radius 2 is 2.03 bits per heavy atom. The van der Waals surface area contributed by atoms with Crippen molar-refractivity contribution in [3.05, 3.63) is 57.2 Å². The third-order valence-corrected chi connectivity index (χ3v) is 6.61. The van der Waals surface area contributed by atoms with E-state index in [0.29, 0.717) is 35.6 Å². The zero-order chi connectivity index (χ0) is 23.8. The fraction of sp³-hybridized carbons (Fsp3) is 0.435. The van der Waals surface area contributed by atoms with E-state index < -0.39 is 6.04 Å². The van der Waals surface area contributed by atoms with E-state index in [1.807, 2.05) is 32.9 Å².